The van der Waals surface area contributed by atoms with Gasteiger partial charge in [-0.3, -0.25) is 9.59 Å². The first-order chi connectivity index (χ1) is 12.0. The molecule has 5 fully saturated rings. The second-order valence-corrected chi connectivity index (χ2v) is 9.45. The Balaban J connectivity index is 1.77. The van der Waals surface area contributed by atoms with Crippen molar-refractivity contribution in [2.24, 2.45) is 28.6 Å². The summed E-state index contributed by atoms with van der Waals surface area (Å²) in [7, 11) is 0. The van der Waals surface area contributed by atoms with Crippen LogP contribution in [0.1, 0.15) is 39.0 Å². The predicted molar refractivity (Wildman–Crippen MR) is 86.7 cm³/mol. The molecule has 0 aromatic rings. The lowest BCUT2D eigenvalue weighted by molar-refractivity contribution is -0.165. The van der Waals surface area contributed by atoms with Gasteiger partial charge in [-0.05, 0) is 43.6 Å². The summed E-state index contributed by atoms with van der Waals surface area (Å²) in [6, 6.07) is 0. The van der Waals surface area contributed by atoms with Gasteiger partial charge in [-0.15, -0.1) is 0 Å². The smallest absolute Gasteiger partial charge is 0.315 e. The van der Waals surface area contributed by atoms with Crippen LogP contribution in [0, 0.1) is 28.6 Å². The van der Waals surface area contributed by atoms with Crippen LogP contribution in [0.4, 0.5) is 0 Å². The molecule has 0 unspecified atom stereocenters. The molecule has 7 nitrogen and oxygen atoms in total. The van der Waals surface area contributed by atoms with Crippen LogP contribution >= 0.6 is 0 Å². The molecular weight excluding hydrogens is 340 g/mol. The van der Waals surface area contributed by atoms with Gasteiger partial charge in [-0.2, -0.15) is 0 Å². The Kier molecular flexibility index (Phi) is 2.79. The molecule has 5 aliphatic rings. The molecule has 4 saturated carbocycles. The summed E-state index contributed by atoms with van der Waals surface area (Å²) in [4.78, 5) is 25.2. The summed E-state index contributed by atoms with van der Waals surface area (Å²) >= 11 is 0. The van der Waals surface area contributed by atoms with Crippen LogP contribution in [0.25, 0.3) is 0 Å². The highest BCUT2D eigenvalue weighted by Gasteiger charge is 2.85. The summed E-state index contributed by atoms with van der Waals surface area (Å²) in [5.41, 5.74) is -3.74. The van der Waals surface area contributed by atoms with Gasteiger partial charge in [0.15, 0.2) is 0 Å². The van der Waals surface area contributed by atoms with E-state index in [0.717, 1.165) is 0 Å². The van der Waals surface area contributed by atoms with E-state index in [-0.39, 0.29) is 12.3 Å². The quantitative estimate of drug-likeness (QED) is 0.388. The second kappa shape index (κ2) is 4.34. The van der Waals surface area contributed by atoms with Crippen LogP contribution in [0.5, 0.6) is 0 Å². The van der Waals surface area contributed by atoms with Gasteiger partial charge < -0.3 is 25.2 Å². The van der Waals surface area contributed by atoms with Crippen LogP contribution in [0.15, 0.2) is 12.2 Å². The predicted octanol–water partition coefficient (Wildman–Crippen LogP) is 0.222. The summed E-state index contributed by atoms with van der Waals surface area (Å²) in [6.07, 6.45) is -0.827. The number of carbonyl (C=O) groups is 2. The third-order valence-electron chi connectivity index (χ3n) is 8.57. The number of ether oxygens (including phenoxy) is 1. The van der Waals surface area contributed by atoms with Crippen molar-refractivity contribution in [1.82, 2.24) is 0 Å². The number of fused-ring (bicyclic) bond motifs is 1. The summed E-state index contributed by atoms with van der Waals surface area (Å²) < 4.78 is 5.87. The molecule has 5 rings (SSSR count). The van der Waals surface area contributed by atoms with E-state index in [9.17, 15) is 30.0 Å². The molecule has 4 bridgehead atoms. The Morgan fingerprint density at radius 1 is 1.35 bits per heavy atom. The van der Waals surface area contributed by atoms with Crippen LogP contribution in [0.3, 0.4) is 0 Å². The lowest BCUT2D eigenvalue weighted by Gasteiger charge is -2.47. The molecule has 1 saturated heterocycles. The van der Waals surface area contributed by atoms with Gasteiger partial charge in [0.1, 0.15) is 11.0 Å². The molecule has 142 valence electrons. The molecule has 9 atom stereocenters. The molecule has 0 aromatic heterocycles. The number of rotatable bonds is 1. The van der Waals surface area contributed by atoms with E-state index in [2.05, 4.69) is 6.58 Å². The van der Waals surface area contributed by atoms with Gasteiger partial charge in [-0.25, -0.2) is 0 Å². The number of aliphatic hydroxyl groups is 3. The van der Waals surface area contributed by atoms with Crippen molar-refractivity contribution in [3.8, 4) is 0 Å². The van der Waals surface area contributed by atoms with E-state index in [1.807, 2.05) is 0 Å². The van der Waals surface area contributed by atoms with Crippen LogP contribution < -0.4 is 0 Å². The maximum atomic E-state index is 12.8. The lowest BCUT2D eigenvalue weighted by atomic mass is 9.58. The van der Waals surface area contributed by atoms with Crippen molar-refractivity contribution in [3.63, 3.8) is 0 Å². The first kappa shape index (κ1) is 16.7. The highest BCUT2D eigenvalue weighted by molar-refractivity contribution is 5.85. The molecule has 4 N–H and O–H groups in total. The molecule has 0 aromatic carbocycles. The maximum absolute atomic E-state index is 12.8. The Labute approximate surface area is 150 Å². The highest BCUT2D eigenvalue weighted by atomic mass is 16.6. The minimum Gasteiger partial charge on any atom is -0.481 e. The third kappa shape index (κ3) is 1.43. The summed E-state index contributed by atoms with van der Waals surface area (Å²) in [5, 5.41) is 42.2. The fourth-order valence-electron chi connectivity index (χ4n) is 7.71. The maximum Gasteiger partial charge on any atom is 0.315 e. The Hall–Kier alpha value is -1.44. The van der Waals surface area contributed by atoms with Crippen molar-refractivity contribution >= 4 is 11.9 Å². The average molecular weight is 364 g/mol. The number of esters is 1. The number of hydrogen-bond donors (Lipinski definition) is 4. The van der Waals surface area contributed by atoms with Gasteiger partial charge >= 0.3 is 11.9 Å². The highest BCUT2D eigenvalue weighted by Crippen LogP contribution is 2.78. The zero-order valence-electron chi connectivity index (χ0n) is 14.6. The Morgan fingerprint density at radius 2 is 2.04 bits per heavy atom. The molecule has 1 heterocycles. The van der Waals surface area contributed by atoms with Crippen LogP contribution in [-0.4, -0.2) is 55.8 Å². The molecule has 7 heteroatoms. The van der Waals surface area contributed by atoms with Crippen molar-refractivity contribution in [2.45, 2.75) is 62.4 Å². The van der Waals surface area contributed by atoms with Gasteiger partial charge in [0.05, 0.1) is 23.7 Å². The lowest BCUT2D eigenvalue weighted by Crippen LogP contribution is -2.59. The van der Waals surface area contributed by atoms with Crippen molar-refractivity contribution in [1.29, 1.82) is 0 Å². The van der Waals surface area contributed by atoms with Crippen molar-refractivity contribution in [3.05, 3.63) is 12.2 Å². The second-order valence-electron chi connectivity index (χ2n) is 9.45. The monoisotopic (exact) mass is 364 g/mol. The third-order valence-corrected chi connectivity index (χ3v) is 8.57. The van der Waals surface area contributed by atoms with E-state index in [1.165, 1.54) is 6.92 Å². The fourth-order valence-corrected chi connectivity index (χ4v) is 7.71. The largest absolute Gasteiger partial charge is 0.481 e. The first-order valence-electron chi connectivity index (χ1n) is 9.26. The fraction of sp³-hybridized carbons (Fsp3) is 0.789. The Morgan fingerprint density at radius 3 is 2.69 bits per heavy atom. The Bertz CT molecular complexity index is 763. The number of aliphatic carboxylic acids is 1. The van der Waals surface area contributed by atoms with E-state index in [0.29, 0.717) is 31.3 Å². The number of hydrogen-bond acceptors (Lipinski definition) is 6. The van der Waals surface area contributed by atoms with Crippen molar-refractivity contribution < 1.29 is 34.8 Å². The minimum atomic E-state index is -1.46. The number of carboxylic acids is 1. The van der Waals surface area contributed by atoms with Crippen LogP contribution in [0.2, 0.25) is 0 Å². The molecule has 1 spiro atoms. The topological polar surface area (TPSA) is 124 Å². The van der Waals surface area contributed by atoms with Crippen molar-refractivity contribution in [2.75, 3.05) is 0 Å². The molecule has 4 aliphatic carbocycles. The van der Waals surface area contributed by atoms with Gasteiger partial charge in [0.25, 0.3) is 0 Å². The molecular formula is C19H24O7. The number of aliphatic hydroxyl groups excluding tert-OH is 2. The van der Waals surface area contributed by atoms with E-state index >= 15 is 0 Å². The standard InChI is InChI=1S/C19H24O7/c1-8-5-17-7-18(8,25)4-3-10(17)19-6-9(20)13(21)16(2,15(24)26-19)12(19)11(17)14(22)23/h9-13,20-21,25H,1,3-7H2,2H3,(H,22,23)/t9-,10-,11+,12+,13-,16-,17-,18-,19+/m1/s1. The van der Waals surface area contributed by atoms with Gasteiger partial charge in [-0.1, -0.05) is 6.58 Å². The number of carboxylic acid groups (broad SMARTS) is 1. The molecule has 1 aliphatic heterocycles. The van der Waals surface area contributed by atoms with E-state index < -0.39 is 58.0 Å². The molecule has 0 radical (unpaired) electrons. The van der Waals surface area contributed by atoms with Gasteiger partial charge in [0, 0.05) is 18.3 Å². The van der Waals surface area contributed by atoms with Crippen LogP contribution in [-0.2, 0) is 14.3 Å². The number of carbonyl (C=O) groups excluding carboxylic acids is 1. The first-order valence-corrected chi connectivity index (χ1v) is 9.26. The zero-order valence-corrected chi connectivity index (χ0v) is 14.6. The summed E-state index contributed by atoms with van der Waals surface area (Å²) in [5.74, 6) is -3.58. The summed E-state index contributed by atoms with van der Waals surface area (Å²) in [6.45, 7) is 5.53. The van der Waals surface area contributed by atoms with Gasteiger partial charge in [0.2, 0.25) is 0 Å². The zero-order chi connectivity index (χ0) is 18.9. The SMILES string of the molecule is C=C1C[C@@]23C[C@]1(O)CC[C@H]2[C@]12C[C@@H](O)[C@@H](O)[C@](C)(C(=O)O1)[C@@H]2[C@H]3C(=O)O. The average Bonchev–Trinajstić information content (AvgIpc) is 2.96. The van der Waals surface area contributed by atoms with E-state index in [1.54, 1.807) is 0 Å². The molecule has 0 amide bonds. The minimum absolute atomic E-state index is 0.0429. The molecule has 26 heavy (non-hydrogen) atoms. The normalized spacial score (nSPS) is 59.8. The van der Waals surface area contributed by atoms with E-state index in [4.69, 9.17) is 4.74 Å².